The lowest BCUT2D eigenvalue weighted by Gasteiger charge is -2.27. The molecule has 0 aliphatic heterocycles. The van der Waals surface area contributed by atoms with Crippen molar-refractivity contribution in [3.63, 3.8) is 0 Å². The molecule has 30 heavy (non-hydrogen) atoms. The van der Waals surface area contributed by atoms with Crippen LogP contribution in [0.15, 0.2) is 29.3 Å². The molecular formula is C22H33IN6O. The van der Waals surface area contributed by atoms with E-state index < -0.39 is 0 Å². The minimum atomic E-state index is 0. The molecule has 1 aliphatic rings. The summed E-state index contributed by atoms with van der Waals surface area (Å²) >= 11 is 0. The van der Waals surface area contributed by atoms with E-state index in [-0.39, 0.29) is 36.4 Å². The number of fused-ring (bicyclic) bond motifs is 1. The maximum Gasteiger partial charge on any atom is 0.241 e. The maximum atomic E-state index is 12.1. The Hall–Kier alpha value is -2.10. The SMILES string of the molecule is Cc1nn(C)c(C)c1CN=C(NCC(=O)N(C)C)NC1CCc2ccccc2C1.I. The average molecular weight is 524 g/mol. The molecule has 1 amide bonds. The first kappa shape index (κ1) is 24.2. The number of aromatic nitrogens is 2. The third kappa shape index (κ3) is 5.96. The molecule has 8 heteroatoms. The minimum absolute atomic E-state index is 0. The number of hydrogen-bond acceptors (Lipinski definition) is 3. The Labute approximate surface area is 196 Å². The van der Waals surface area contributed by atoms with Gasteiger partial charge in [0.2, 0.25) is 5.91 Å². The van der Waals surface area contributed by atoms with Crippen LogP contribution in [-0.4, -0.2) is 53.2 Å². The van der Waals surface area contributed by atoms with Gasteiger partial charge in [0.15, 0.2) is 5.96 Å². The zero-order chi connectivity index (χ0) is 21.0. The summed E-state index contributed by atoms with van der Waals surface area (Å²) < 4.78 is 1.88. The number of guanidine groups is 1. The van der Waals surface area contributed by atoms with Crippen LogP contribution in [0.5, 0.6) is 0 Å². The molecule has 3 rings (SSSR count). The topological polar surface area (TPSA) is 74.5 Å². The summed E-state index contributed by atoms with van der Waals surface area (Å²) in [5.41, 5.74) is 6.05. The molecule has 1 aromatic carbocycles. The monoisotopic (exact) mass is 524 g/mol. The van der Waals surface area contributed by atoms with Crippen LogP contribution in [0.25, 0.3) is 0 Å². The van der Waals surface area contributed by atoms with E-state index in [1.54, 1.807) is 19.0 Å². The summed E-state index contributed by atoms with van der Waals surface area (Å²) in [6.45, 7) is 4.80. The van der Waals surface area contributed by atoms with Gasteiger partial charge in [0.25, 0.3) is 0 Å². The van der Waals surface area contributed by atoms with E-state index in [0.29, 0.717) is 18.5 Å². The highest BCUT2D eigenvalue weighted by Crippen LogP contribution is 2.21. The number of carbonyl (C=O) groups excluding carboxylic acids is 1. The fourth-order valence-corrected chi connectivity index (χ4v) is 3.69. The lowest BCUT2D eigenvalue weighted by molar-refractivity contribution is -0.127. The van der Waals surface area contributed by atoms with Gasteiger partial charge < -0.3 is 15.5 Å². The fourth-order valence-electron chi connectivity index (χ4n) is 3.69. The normalized spacial score (nSPS) is 15.8. The molecule has 0 saturated carbocycles. The van der Waals surface area contributed by atoms with Crippen molar-refractivity contribution in [1.29, 1.82) is 0 Å². The smallest absolute Gasteiger partial charge is 0.241 e. The largest absolute Gasteiger partial charge is 0.353 e. The van der Waals surface area contributed by atoms with E-state index in [1.165, 1.54) is 11.1 Å². The van der Waals surface area contributed by atoms with Crippen molar-refractivity contribution >= 4 is 35.8 Å². The van der Waals surface area contributed by atoms with Gasteiger partial charge >= 0.3 is 0 Å². The Morgan fingerprint density at radius 1 is 1.27 bits per heavy atom. The summed E-state index contributed by atoms with van der Waals surface area (Å²) in [4.78, 5) is 18.4. The number of aliphatic imine (C=N–C) groups is 1. The van der Waals surface area contributed by atoms with Crippen LogP contribution in [0.2, 0.25) is 0 Å². The number of carbonyl (C=O) groups is 1. The van der Waals surface area contributed by atoms with Crippen LogP contribution < -0.4 is 10.6 Å². The van der Waals surface area contributed by atoms with Crippen LogP contribution in [0.1, 0.15) is 34.5 Å². The van der Waals surface area contributed by atoms with Crippen LogP contribution >= 0.6 is 24.0 Å². The Morgan fingerprint density at radius 3 is 2.60 bits per heavy atom. The van der Waals surface area contributed by atoms with E-state index in [4.69, 9.17) is 4.99 Å². The van der Waals surface area contributed by atoms with E-state index in [9.17, 15) is 4.79 Å². The number of nitrogens with one attached hydrogen (secondary N) is 2. The number of halogens is 1. The molecule has 7 nitrogen and oxygen atoms in total. The van der Waals surface area contributed by atoms with Gasteiger partial charge in [0.05, 0.1) is 18.8 Å². The molecule has 2 N–H and O–H groups in total. The van der Waals surface area contributed by atoms with Crippen molar-refractivity contribution in [3.8, 4) is 0 Å². The van der Waals surface area contributed by atoms with Crippen molar-refractivity contribution in [2.45, 2.75) is 45.7 Å². The van der Waals surface area contributed by atoms with E-state index in [0.717, 1.165) is 36.2 Å². The molecular weight excluding hydrogens is 491 g/mol. The van der Waals surface area contributed by atoms with Gasteiger partial charge in [0.1, 0.15) is 0 Å². The van der Waals surface area contributed by atoms with Gasteiger partial charge in [-0.15, -0.1) is 24.0 Å². The predicted octanol–water partition coefficient (Wildman–Crippen LogP) is 2.34. The quantitative estimate of drug-likeness (QED) is 0.358. The van der Waals surface area contributed by atoms with Crippen molar-refractivity contribution < 1.29 is 4.79 Å². The lowest BCUT2D eigenvalue weighted by Crippen LogP contribution is -2.48. The van der Waals surface area contributed by atoms with Crippen LogP contribution in [-0.2, 0) is 31.2 Å². The molecule has 0 fully saturated rings. The van der Waals surface area contributed by atoms with Gasteiger partial charge in [-0.25, -0.2) is 4.99 Å². The molecule has 1 unspecified atom stereocenters. The van der Waals surface area contributed by atoms with Gasteiger partial charge in [-0.2, -0.15) is 5.10 Å². The van der Waals surface area contributed by atoms with Gasteiger partial charge in [-0.05, 0) is 44.2 Å². The lowest BCUT2D eigenvalue weighted by atomic mass is 9.88. The maximum absolute atomic E-state index is 12.1. The van der Waals surface area contributed by atoms with Gasteiger partial charge in [-0.3, -0.25) is 9.48 Å². The second-order valence-corrected chi connectivity index (χ2v) is 7.93. The molecule has 1 aliphatic carbocycles. The summed E-state index contributed by atoms with van der Waals surface area (Å²) in [5, 5.41) is 11.2. The fraction of sp³-hybridized carbons (Fsp3) is 0.500. The van der Waals surface area contributed by atoms with Crippen LogP contribution in [0.3, 0.4) is 0 Å². The molecule has 1 aromatic heterocycles. The first-order chi connectivity index (χ1) is 13.8. The van der Waals surface area contributed by atoms with Gasteiger partial charge in [-0.1, -0.05) is 24.3 Å². The number of nitrogens with zero attached hydrogens (tertiary/aromatic N) is 4. The third-order valence-corrected chi connectivity index (χ3v) is 5.65. The minimum Gasteiger partial charge on any atom is -0.353 e. The van der Waals surface area contributed by atoms with Crippen molar-refractivity contribution in [2.75, 3.05) is 20.6 Å². The van der Waals surface area contributed by atoms with Gasteiger partial charge in [0, 0.05) is 38.4 Å². The second kappa shape index (κ2) is 10.8. The molecule has 1 atom stereocenters. The molecule has 0 bridgehead atoms. The Bertz CT molecular complexity index is 905. The van der Waals surface area contributed by atoms with E-state index in [1.807, 2.05) is 18.7 Å². The molecule has 0 radical (unpaired) electrons. The summed E-state index contributed by atoms with van der Waals surface area (Å²) in [5.74, 6) is 0.689. The zero-order valence-electron chi connectivity index (χ0n) is 18.5. The highest BCUT2D eigenvalue weighted by atomic mass is 127. The first-order valence-electron chi connectivity index (χ1n) is 10.2. The second-order valence-electron chi connectivity index (χ2n) is 7.93. The summed E-state index contributed by atoms with van der Waals surface area (Å²) in [7, 11) is 5.46. The Morgan fingerprint density at radius 2 is 1.97 bits per heavy atom. The molecule has 0 saturated heterocycles. The van der Waals surface area contributed by atoms with E-state index >= 15 is 0 Å². The Balaban J connectivity index is 0.00000320. The summed E-state index contributed by atoms with van der Waals surface area (Å²) in [6, 6.07) is 8.90. The number of benzene rings is 1. The first-order valence-corrected chi connectivity index (χ1v) is 10.2. The third-order valence-electron chi connectivity index (χ3n) is 5.65. The van der Waals surface area contributed by atoms with Crippen molar-refractivity contribution in [3.05, 3.63) is 52.3 Å². The standard InChI is InChI=1S/C22H32N6O.HI/c1-15-20(16(2)28(5)26-15)13-23-22(24-14-21(29)27(3)4)25-19-11-10-17-8-6-7-9-18(17)12-19;/h6-9,19H,10-14H2,1-5H3,(H2,23,24,25);1H. The number of likely N-dealkylation sites (N-methyl/N-ethyl adjacent to an activating group) is 1. The molecule has 164 valence electrons. The highest BCUT2D eigenvalue weighted by Gasteiger charge is 2.20. The van der Waals surface area contributed by atoms with Crippen molar-refractivity contribution in [2.24, 2.45) is 12.0 Å². The molecule has 2 aromatic rings. The number of amides is 1. The van der Waals surface area contributed by atoms with E-state index in [2.05, 4.69) is 46.9 Å². The number of rotatable bonds is 5. The van der Waals surface area contributed by atoms with Crippen LogP contribution in [0, 0.1) is 13.8 Å². The van der Waals surface area contributed by atoms with Crippen LogP contribution in [0.4, 0.5) is 0 Å². The number of aryl methyl sites for hydroxylation is 3. The molecule has 1 heterocycles. The highest BCUT2D eigenvalue weighted by molar-refractivity contribution is 14.0. The Kier molecular flexibility index (Phi) is 8.69. The zero-order valence-corrected chi connectivity index (χ0v) is 20.9. The summed E-state index contributed by atoms with van der Waals surface area (Å²) in [6.07, 6.45) is 3.06. The molecule has 0 spiro atoms. The average Bonchev–Trinajstić information content (AvgIpc) is 2.94. The predicted molar refractivity (Wildman–Crippen MR) is 131 cm³/mol. The number of hydrogen-bond donors (Lipinski definition) is 2. The van der Waals surface area contributed by atoms with Crippen molar-refractivity contribution in [1.82, 2.24) is 25.3 Å².